The Morgan fingerprint density at radius 2 is 0.869 bits per heavy atom. The number of hydrogen-bond acceptors (Lipinski definition) is 14. The highest BCUT2D eigenvalue weighted by atomic mass is 35.5. The van der Waals surface area contributed by atoms with Crippen molar-refractivity contribution in [2.75, 3.05) is 13.2 Å². The van der Waals surface area contributed by atoms with Gasteiger partial charge in [-0.3, -0.25) is 14.4 Å². The van der Waals surface area contributed by atoms with Crippen LogP contribution in [-0.4, -0.2) is 74.8 Å². The van der Waals surface area contributed by atoms with Crippen LogP contribution >= 0.6 is 11.6 Å². The molecule has 424 valence electrons. The summed E-state index contributed by atoms with van der Waals surface area (Å²) in [7, 11) is 0. The third-order valence-corrected chi connectivity index (χ3v) is 13.6. The number of rotatable bonds is 20. The fraction of sp³-hybridized carbons (Fsp3) is 0.169. The van der Waals surface area contributed by atoms with E-state index in [1.54, 1.807) is 56.8 Å². The first-order valence-electron chi connectivity index (χ1n) is 26.9. The predicted molar refractivity (Wildman–Crippen MR) is 316 cm³/mol. The van der Waals surface area contributed by atoms with E-state index in [2.05, 4.69) is 24.9 Å². The Labute approximate surface area is 487 Å². The highest BCUT2D eigenvalue weighted by Gasteiger charge is 2.17. The molecule has 0 aliphatic heterocycles. The highest BCUT2D eigenvalue weighted by Crippen LogP contribution is 2.29. The van der Waals surface area contributed by atoms with Crippen molar-refractivity contribution in [3.05, 3.63) is 234 Å². The Bertz CT molecular complexity index is 4140. The van der Waals surface area contributed by atoms with E-state index in [1.165, 1.54) is 0 Å². The quantitative estimate of drug-likeness (QED) is 0.0703. The summed E-state index contributed by atoms with van der Waals surface area (Å²) in [5, 5.41) is 12.1. The first-order valence-corrected chi connectivity index (χ1v) is 27.3. The molecule has 84 heavy (non-hydrogen) atoms. The Kier molecular flexibility index (Phi) is 18.6. The molecule has 8 aromatic heterocycles. The second kappa shape index (κ2) is 27.4. The zero-order valence-electron chi connectivity index (χ0n) is 45.9. The zero-order chi connectivity index (χ0) is 58.2. The average molecular weight is 1150 g/mol. The molecule has 4 aromatic carbocycles. The molecule has 18 nitrogen and oxygen atoms in total. The Balaban J connectivity index is 0.000000145. The van der Waals surface area contributed by atoms with Crippen molar-refractivity contribution in [1.82, 2.24) is 38.6 Å². The van der Waals surface area contributed by atoms with Gasteiger partial charge in [0.05, 0.1) is 40.4 Å². The van der Waals surface area contributed by atoms with E-state index in [-0.39, 0.29) is 44.8 Å². The van der Waals surface area contributed by atoms with Gasteiger partial charge in [-0.05, 0) is 85.6 Å². The van der Waals surface area contributed by atoms with Crippen LogP contribution in [0, 0.1) is 13.8 Å². The number of aromatic nitrogens is 8. The maximum Gasteiger partial charge on any atom is 0.326 e. The maximum absolute atomic E-state index is 12.4. The number of nitrogens with zero attached hydrogens (tertiary/aromatic N) is 8. The number of carboxylic acids is 1. The number of carbonyl (C=O) groups is 3. The lowest BCUT2D eigenvalue weighted by Crippen LogP contribution is -2.13. The fourth-order valence-corrected chi connectivity index (χ4v) is 9.26. The standard InChI is InChI=1S/C28H25N3O4.C21H19N3O4.C16H13ClN2O2/c1-20-24(30-28(35-20)22-10-6-3-7-11-22)14-17-33-25-12-15-29-27-23(25)13-16-31(27)18-26(32)34-19-21-8-4-2-5-9-21;1-14-17(23-21(28-14)15-5-3-2-4-6-15)9-12-27-18-7-10-22-20-16(18)8-11-24(20)13-19(25)26;17-14-6-8-18-16-13(14)7-9-19(16)10-15(20)21-11-12-4-2-1-3-5-12/h2-13,15-16H,14,17-19H2,1H3;2-8,10-11H,9,12-13H2,1H3,(H,25,26);1-9H,10-11H2. The lowest BCUT2D eigenvalue weighted by Gasteiger charge is -2.08. The Morgan fingerprint density at radius 3 is 1.30 bits per heavy atom. The molecule has 0 spiro atoms. The second-order valence-corrected chi connectivity index (χ2v) is 19.5. The van der Waals surface area contributed by atoms with Gasteiger partial charge in [0.15, 0.2) is 0 Å². The smallest absolute Gasteiger partial charge is 0.326 e. The molecule has 0 unspecified atom stereocenters. The molecule has 0 aliphatic carbocycles. The maximum atomic E-state index is 12.4. The first kappa shape index (κ1) is 56.9. The summed E-state index contributed by atoms with van der Waals surface area (Å²) in [5.74, 6) is 2.59. The van der Waals surface area contributed by atoms with Crippen LogP contribution in [0.5, 0.6) is 11.5 Å². The van der Waals surface area contributed by atoms with Gasteiger partial charge in [-0.15, -0.1) is 0 Å². The van der Waals surface area contributed by atoms with Crippen LogP contribution in [0.1, 0.15) is 34.0 Å². The summed E-state index contributed by atoms with van der Waals surface area (Å²) >= 11 is 6.08. The van der Waals surface area contributed by atoms with Crippen molar-refractivity contribution in [3.8, 4) is 34.4 Å². The van der Waals surface area contributed by atoms with Gasteiger partial charge < -0.3 is 46.6 Å². The molecule has 0 amide bonds. The molecular formula is C65H57ClN8O10. The molecule has 19 heteroatoms. The lowest BCUT2D eigenvalue weighted by atomic mass is 10.2. The van der Waals surface area contributed by atoms with E-state index in [0.717, 1.165) is 61.3 Å². The molecule has 0 saturated carbocycles. The van der Waals surface area contributed by atoms with E-state index >= 15 is 0 Å². The number of halogens is 1. The molecule has 0 atom stereocenters. The third-order valence-electron chi connectivity index (χ3n) is 13.3. The van der Waals surface area contributed by atoms with Crippen molar-refractivity contribution in [2.24, 2.45) is 0 Å². The van der Waals surface area contributed by atoms with Gasteiger partial charge in [0.25, 0.3) is 0 Å². The number of ether oxygens (including phenoxy) is 4. The van der Waals surface area contributed by atoms with Gasteiger partial charge in [0, 0.05) is 66.5 Å². The van der Waals surface area contributed by atoms with Crippen molar-refractivity contribution in [2.45, 2.75) is 59.5 Å². The molecule has 1 N–H and O–H groups in total. The number of oxazole rings is 2. The number of fused-ring (bicyclic) bond motifs is 3. The van der Waals surface area contributed by atoms with Crippen LogP contribution in [0.3, 0.4) is 0 Å². The van der Waals surface area contributed by atoms with Gasteiger partial charge in [-0.25, -0.2) is 24.9 Å². The summed E-state index contributed by atoms with van der Waals surface area (Å²) in [5.41, 5.74) is 7.46. The Hall–Kier alpha value is -10.3. The van der Waals surface area contributed by atoms with E-state index in [9.17, 15) is 14.4 Å². The summed E-state index contributed by atoms with van der Waals surface area (Å²) in [6, 6.07) is 49.7. The molecule has 0 radical (unpaired) electrons. The van der Waals surface area contributed by atoms with Crippen LogP contribution in [0.25, 0.3) is 56.0 Å². The second-order valence-electron chi connectivity index (χ2n) is 19.1. The molecule has 12 aromatic rings. The molecular weight excluding hydrogens is 1090 g/mol. The number of pyridine rings is 3. The van der Waals surface area contributed by atoms with Gasteiger partial charge in [0.2, 0.25) is 11.8 Å². The molecule has 0 saturated heterocycles. The van der Waals surface area contributed by atoms with Gasteiger partial charge in [-0.1, -0.05) is 109 Å². The molecule has 8 heterocycles. The van der Waals surface area contributed by atoms with E-state index < -0.39 is 5.97 Å². The SMILES string of the molecule is Cc1oc(-c2ccccc2)nc1CCOc1ccnc2c1ccn2CC(=O)O.Cc1oc(-c2ccccc2)nc1CCOc1ccnc2c1ccn2CC(=O)OCc1ccccc1.O=C(Cn1ccc2c(Cl)ccnc21)OCc1ccccc1. The topological polar surface area (TPSA) is 214 Å². The van der Waals surface area contributed by atoms with Gasteiger partial charge in [-0.2, -0.15) is 0 Å². The van der Waals surface area contributed by atoms with Crippen molar-refractivity contribution >= 4 is 62.6 Å². The van der Waals surface area contributed by atoms with E-state index in [4.69, 9.17) is 44.5 Å². The van der Waals surface area contributed by atoms with Crippen LogP contribution in [-0.2, 0) is 69.5 Å². The number of aryl methyl sites for hydroxylation is 2. The van der Waals surface area contributed by atoms with Crippen LogP contribution in [0.15, 0.2) is 204 Å². The minimum absolute atomic E-state index is 0.0766. The minimum Gasteiger partial charge on any atom is -0.492 e. The fourth-order valence-electron chi connectivity index (χ4n) is 9.06. The Morgan fingerprint density at radius 1 is 0.488 bits per heavy atom. The van der Waals surface area contributed by atoms with E-state index in [0.29, 0.717) is 71.3 Å². The molecule has 12 rings (SSSR count). The number of carbonyl (C=O) groups excluding carboxylic acids is 2. The van der Waals surface area contributed by atoms with Crippen LogP contribution in [0.2, 0.25) is 5.02 Å². The predicted octanol–water partition coefficient (Wildman–Crippen LogP) is 12.5. The highest BCUT2D eigenvalue weighted by molar-refractivity contribution is 6.35. The van der Waals surface area contributed by atoms with Crippen molar-refractivity contribution < 1.29 is 47.3 Å². The third kappa shape index (κ3) is 14.6. The number of hydrogen-bond donors (Lipinski definition) is 1. The van der Waals surface area contributed by atoms with Gasteiger partial charge in [0.1, 0.15) is 72.8 Å². The number of carboxylic acid groups (broad SMARTS) is 1. The van der Waals surface area contributed by atoms with Crippen molar-refractivity contribution in [3.63, 3.8) is 0 Å². The summed E-state index contributed by atoms with van der Waals surface area (Å²) in [6.45, 7) is 5.23. The monoisotopic (exact) mass is 1140 g/mol. The lowest BCUT2D eigenvalue weighted by molar-refractivity contribution is -0.146. The number of aliphatic carboxylic acids is 1. The molecule has 0 bridgehead atoms. The average Bonchev–Trinajstić information content (AvgIpc) is 4.48. The zero-order valence-corrected chi connectivity index (χ0v) is 46.7. The minimum atomic E-state index is -0.915. The summed E-state index contributed by atoms with van der Waals surface area (Å²) in [4.78, 5) is 57.4. The van der Waals surface area contributed by atoms with Gasteiger partial charge >= 0.3 is 17.9 Å². The van der Waals surface area contributed by atoms with Crippen LogP contribution < -0.4 is 9.47 Å². The normalized spacial score (nSPS) is 10.9. The van der Waals surface area contributed by atoms with Crippen LogP contribution in [0.4, 0.5) is 0 Å². The van der Waals surface area contributed by atoms with E-state index in [1.807, 2.05) is 166 Å². The number of benzene rings is 4. The molecule has 0 fully saturated rings. The number of esters is 2. The summed E-state index contributed by atoms with van der Waals surface area (Å²) in [6.07, 6.45) is 11.4. The van der Waals surface area contributed by atoms with Crippen molar-refractivity contribution in [1.29, 1.82) is 0 Å². The first-order chi connectivity index (χ1) is 41.0. The largest absolute Gasteiger partial charge is 0.492 e. The molecule has 0 aliphatic rings. The summed E-state index contributed by atoms with van der Waals surface area (Å²) < 4.78 is 39.4.